The third kappa shape index (κ3) is 2.78. The van der Waals surface area contributed by atoms with Crippen molar-refractivity contribution in [2.24, 2.45) is 5.84 Å². The van der Waals surface area contributed by atoms with Crippen molar-refractivity contribution < 1.29 is 4.74 Å². The third-order valence-corrected chi connectivity index (χ3v) is 3.11. The van der Waals surface area contributed by atoms with Crippen LogP contribution in [0.5, 0.6) is 11.6 Å². The van der Waals surface area contributed by atoms with Crippen molar-refractivity contribution in [3.63, 3.8) is 0 Å². The molecule has 0 fully saturated rings. The fraction of sp³-hybridized carbons (Fsp3) is 0.125. The molecule has 3 N–H and O–H groups in total. The Morgan fingerprint density at radius 3 is 2.43 bits per heavy atom. The molecule has 0 saturated heterocycles. The van der Waals surface area contributed by atoms with Crippen molar-refractivity contribution in [1.82, 2.24) is 9.97 Å². The summed E-state index contributed by atoms with van der Waals surface area (Å²) in [7, 11) is 0. The summed E-state index contributed by atoms with van der Waals surface area (Å²) in [6, 6.07) is 13.7. The molecular formula is C16H16N4O. The van der Waals surface area contributed by atoms with Gasteiger partial charge in [-0.3, -0.25) is 5.43 Å². The lowest BCUT2D eigenvalue weighted by Gasteiger charge is -2.10. The molecule has 0 unspecified atom stereocenters. The number of nitrogens with two attached hydrogens (primary N) is 1. The number of aromatic nitrogens is 2. The van der Waals surface area contributed by atoms with E-state index < -0.39 is 0 Å². The number of benzene rings is 2. The van der Waals surface area contributed by atoms with Gasteiger partial charge in [0.2, 0.25) is 11.8 Å². The van der Waals surface area contributed by atoms with E-state index in [0.29, 0.717) is 11.8 Å². The molecule has 5 heteroatoms. The van der Waals surface area contributed by atoms with E-state index in [1.54, 1.807) is 0 Å². The molecule has 0 atom stereocenters. The number of rotatable bonds is 3. The second kappa shape index (κ2) is 5.38. The van der Waals surface area contributed by atoms with Gasteiger partial charge >= 0.3 is 0 Å². The largest absolute Gasteiger partial charge is 0.438 e. The van der Waals surface area contributed by atoms with Crippen LogP contribution in [0.4, 0.5) is 5.95 Å². The molecule has 0 spiro atoms. The molecule has 0 aliphatic carbocycles. The van der Waals surface area contributed by atoms with Crippen LogP contribution >= 0.6 is 0 Å². The van der Waals surface area contributed by atoms with Crippen molar-refractivity contribution in [2.75, 3.05) is 5.43 Å². The summed E-state index contributed by atoms with van der Waals surface area (Å²) < 4.78 is 5.95. The van der Waals surface area contributed by atoms with E-state index >= 15 is 0 Å². The molecule has 0 radical (unpaired) electrons. The summed E-state index contributed by atoms with van der Waals surface area (Å²) in [6.07, 6.45) is 0. The highest BCUT2D eigenvalue weighted by atomic mass is 16.5. The second-order valence-electron chi connectivity index (χ2n) is 4.94. The van der Waals surface area contributed by atoms with Gasteiger partial charge in [-0.2, -0.15) is 4.98 Å². The van der Waals surface area contributed by atoms with Gasteiger partial charge in [0.1, 0.15) is 5.75 Å². The van der Waals surface area contributed by atoms with Crippen molar-refractivity contribution in [3.05, 3.63) is 53.6 Å². The molecule has 0 aliphatic heterocycles. The number of nitrogen functional groups attached to an aromatic ring is 1. The minimum Gasteiger partial charge on any atom is -0.438 e. The molecule has 2 aromatic carbocycles. The molecule has 21 heavy (non-hydrogen) atoms. The molecule has 0 amide bonds. The maximum absolute atomic E-state index is 5.95. The number of fused-ring (bicyclic) bond motifs is 1. The molecular weight excluding hydrogens is 264 g/mol. The van der Waals surface area contributed by atoms with E-state index in [2.05, 4.69) is 21.5 Å². The number of anilines is 1. The van der Waals surface area contributed by atoms with Gasteiger partial charge in [-0.05, 0) is 49.2 Å². The maximum atomic E-state index is 5.95. The van der Waals surface area contributed by atoms with Crippen molar-refractivity contribution >= 4 is 16.9 Å². The number of nitrogens with zero attached hydrogens (tertiary/aromatic N) is 2. The van der Waals surface area contributed by atoms with Gasteiger partial charge in [0.15, 0.2) is 0 Å². The summed E-state index contributed by atoms with van der Waals surface area (Å²) in [5.74, 6) is 6.98. The van der Waals surface area contributed by atoms with Crippen LogP contribution in [0, 0.1) is 13.8 Å². The molecule has 1 aromatic heterocycles. The molecule has 5 nitrogen and oxygen atoms in total. The molecule has 106 valence electrons. The van der Waals surface area contributed by atoms with Crippen molar-refractivity contribution in [2.45, 2.75) is 13.8 Å². The topological polar surface area (TPSA) is 73.1 Å². The smallest absolute Gasteiger partial charge is 0.241 e. The SMILES string of the molecule is Cc1cc(C)cc(Oc2nc(NN)nc3ccccc23)c1. The van der Waals surface area contributed by atoms with E-state index in [1.807, 2.05) is 50.2 Å². The normalized spacial score (nSPS) is 10.6. The monoisotopic (exact) mass is 280 g/mol. The van der Waals surface area contributed by atoms with Gasteiger partial charge < -0.3 is 4.74 Å². The van der Waals surface area contributed by atoms with E-state index in [9.17, 15) is 0 Å². The molecule has 3 rings (SSSR count). The highest BCUT2D eigenvalue weighted by Gasteiger charge is 2.09. The number of hydrogen-bond donors (Lipinski definition) is 2. The minimum atomic E-state index is 0.327. The van der Waals surface area contributed by atoms with Gasteiger partial charge in [0.25, 0.3) is 0 Å². The zero-order chi connectivity index (χ0) is 14.8. The number of nitrogens with one attached hydrogen (secondary N) is 1. The van der Waals surface area contributed by atoms with Crippen LogP contribution in [-0.2, 0) is 0 Å². The second-order valence-corrected chi connectivity index (χ2v) is 4.94. The average Bonchev–Trinajstić information content (AvgIpc) is 2.46. The van der Waals surface area contributed by atoms with Gasteiger partial charge in [0, 0.05) is 0 Å². The average molecular weight is 280 g/mol. The van der Waals surface area contributed by atoms with Gasteiger partial charge in [-0.25, -0.2) is 10.8 Å². The lowest BCUT2D eigenvalue weighted by molar-refractivity contribution is 0.468. The van der Waals surface area contributed by atoms with Crippen molar-refractivity contribution in [1.29, 1.82) is 0 Å². The molecule has 0 aliphatic rings. The summed E-state index contributed by atoms with van der Waals surface area (Å²) in [5, 5.41) is 0.843. The Balaban J connectivity index is 2.10. The van der Waals surface area contributed by atoms with Crippen LogP contribution in [0.2, 0.25) is 0 Å². The predicted molar refractivity (Wildman–Crippen MR) is 83.3 cm³/mol. The summed E-state index contributed by atoms with van der Waals surface area (Å²) in [5.41, 5.74) is 5.52. The molecule has 1 heterocycles. The predicted octanol–water partition coefficient (Wildman–Crippen LogP) is 3.32. The first-order valence-electron chi connectivity index (χ1n) is 6.65. The van der Waals surface area contributed by atoms with Crippen LogP contribution in [0.15, 0.2) is 42.5 Å². The summed E-state index contributed by atoms with van der Waals surface area (Å²) in [4.78, 5) is 8.61. The molecule has 0 bridgehead atoms. The maximum Gasteiger partial charge on any atom is 0.241 e. The van der Waals surface area contributed by atoms with Gasteiger partial charge in [-0.15, -0.1) is 0 Å². The van der Waals surface area contributed by atoms with E-state index in [1.165, 1.54) is 0 Å². The Bertz CT molecular complexity index is 781. The third-order valence-electron chi connectivity index (χ3n) is 3.11. The van der Waals surface area contributed by atoms with Crippen LogP contribution in [0.1, 0.15) is 11.1 Å². The summed E-state index contributed by atoms with van der Waals surface area (Å²) in [6.45, 7) is 4.07. The highest BCUT2D eigenvalue weighted by Crippen LogP contribution is 2.29. The Morgan fingerprint density at radius 2 is 1.71 bits per heavy atom. The standard InChI is InChI=1S/C16H16N4O/c1-10-7-11(2)9-12(8-10)21-15-13-5-3-4-6-14(13)18-16(19-15)20-17/h3-9H,17H2,1-2H3,(H,18,19,20). The number of ether oxygens (including phenoxy) is 1. The Kier molecular flexibility index (Phi) is 3.41. The van der Waals surface area contributed by atoms with E-state index in [-0.39, 0.29) is 0 Å². The lowest BCUT2D eigenvalue weighted by Crippen LogP contribution is -2.11. The van der Waals surface area contributed by atoms with E-state index in [4.69, 9.17) is 10.6 Å². The first-order valence-corrected chi connectivity index (χ1v) is 6.65. The first kappa shape index (κ1) is 13.3. The quantitative estimate of drug-likeness (QED) is 0.568. The Morgan fingerprint density at radius 1 is 1.00 bits per heavy atom. The van der Waals surface area contributed by atoms with Crippen LogP contribution in [-0.4, -0.2) is 9.97 Å². The Labute approximate surface area is 122 Å². The van der Waals surface area contributed by atoms with Crippen LogP contribution in [0.3, 0.4) is 0 Å². The summed E-state index contributed by atoms with van der Waals surface area (Å²) >= 11 is 0. The fourth-order valence-electron chi connectivity index (χ4n) is 2.29. The fourth-order valence-corrected chi connectivity index (χ4v) is 2.29. The zero-order valence-corrected chi connectivity index (χ0v) is 11.9. The van der Waals surface area contributed by atoms with Gasteiger partial charge in [0.05, 0.1) is 10.9 Å². The number of aryl methyl sites for hydroxylation is 2. The van der Waals surface area contributed by atoms with Crippen LogP contribution < -0.4 is 16.0 Å². The zero-order valence-electron chi connectivity index (χ0n) is 11.9. The number of hydrogen-bond acceptors (Lipinski definition) is 5. The first-order chi connectivity index (χ1) is 10.2. The van der Waals surface area contributed by atoms with Crippen LogP contribution in [0.25, 0.3) is 10.9 Å². The van der Waals surface area contributed by atoms with Crippen molar-refractivity contribution in [3.8, 4) is 11.6 Å². The van der Waals surface area contributed by atoms with Gasteiger partial charge in [-0.1, -0.05) is 18.2 Å². The van der Waals surface area contributed by atoms with E-state index in [0.717, 1.165) is 27.8 Å². The molecule has 0 saturated carbocycles. The number of hydrazine groups is 1. The Hall–Kier alpha value is -2.66. The minimum absolute atomic E-state index is 0.327. The highest BCUT2D eigenvalue weighted by molar-refractivity contribution is 5.84. The lowest BCUT2D eigenvalue weighted by atomic mass is 10.1. The number of para-hydroxylation sites is 1. The molecule has 3 aromatic rings.